The number of hydrogen-bond acceptors (Lipinski definition) is 5. The molecule has 1 N–H and O–H groups in total. The first-order chi connectivity index (χ1) is 16.5. The fourth-order valence-corrected chi connectivity index (χ4v) is 4.99. The molecule has 0 aliphatic carbocycles. The molecule has 1 saturated heterocycles. The predicted octanol–water partition coefficient (Wildman–Crippen LogP) is 6.25. The summed E-state index contributed by atoms with van der Waals surface area (Å²) >= 11 is 7.26. The molecule has 1 aromatic heterocycles. The van der Waals surface area contributed by atoms with Crippen LogP contribution in [0.15, 0.2) is 94.5 Å². The summed E-state index contributed by atoms with van der Waals surface area (Å²) in [5, 5.41) is 5.59. The number of anilines is 1. The SMILES string of the molecule is O=C(CC1SC(=Nc2ccc(Cl)cc2)N(Cc2ccco2)C1=O)Nc1ccc2ccccc2c1. The summed E-state index contributed by atoms with van der Waals surface area (Å²) in [6, 6.07) is 24.3. The van der Waals surface area contributed by atoms with Crippen LogP contribution in [0.25, 0.3) is 10.8 Å². The maximum atomic E-state index is 13.2. The summed E-state index contributed by atoms with van der Waals surface area (Å²) in [7, 11) is 0. The number of thioether (sulfide) groups is 1. The Morgan fingerprint density at radius 3 is 2.59 bits per heavy atom. The number of amides is 2. The molecule has 2 heterocycles. The fourth-order valence-electron chi connectivity index (χ4n) is 3.70. The number of carbonyl (C=O) groups excluding carboxylic acids is 2. The molecule has 0 saturated carbocycles. The summed E-state index contributed by atoms with van der Waals surface area (Å²) in [4.78, 5) is 32.2. The topological polar surface area (TPSA) is 74.9 Å². The van der Waals surface area contributed by atoms with Crippen molar-refractivity contribution in [3.05, 3.63) is 95.9 Å². The average molecular weight is 490 g/mol. The molecule has 3 aromatic carbocycles. The quantitative estimate of drug-likeness (QED) is 0.347. The first kappa shape index (κ1) is 22.3. The van der Waals surface area contributed by atoms with Gasteiger partial charge in [-0.3, -0.25) is 14.5 Å². The fraction of sp³-hybridized carbons (Fsp3) is 0.115. The summed E-state index contributed by atoms with van der Waals surface area (Å²) in [5.41, 5.74) is 1.37. The van der Waals surface area contributed by atoms with Gasteiger partial charge in [0, 0.05) is 17.1 Å². The maximum Gasteiger partial charge on any atom is 0.243 e. The molecule has 0 bridgehead atoms. The van der Waals surface area contributed by atoms with Crippen molar-refractivity contribution in [3.63, 3.8) is 0 Å². The molecular weight excluding hydrogens is 470 g/mol. The Morgan fingerprint density at radius 2 is 1.82 bits per heavy atom. The average Bonchev–Trinajstić information content (AvgIpc) is 3.45. The highest BCUT2D eigenvalue weighted by atomic mass is 35.5. The Kier molecular flexibility index (Phi) is 6.38. The Hall–Kier alpha value is -3.55. The van der Waals surface area contributed by atoms with E-state index in [1.807, 2.05) is 42.5 Å². The lowest BCUT2D eigenvalue weighted by atomic mass is 10.1. The Bertz CT molecular complexity index is 1370. The number of amidine groups is 1. The lowest BCUT2D eigenvalue weighted by molar-refractivity contribution is -0.128. The van der Waals surface area contributed by atoms with Crippen molar-refractivity contribution in [3.8, 4) is 0 Å². The van der Waals surface area contributed by atoms with Gasteiger partial charge in [-0.15, -0.1) is 0 Å². The number of furan rings is 1. The van der Waals surface area contributed by atoms with Crippen molar-refractivity contribution in [1.29, 1.82) is 0 Å². The molecule has 6 nitrogen and oxygen atoms in total. The third kappa shape index (κ3) is 5.00. The van der Waals surface area contributed by atoms with Crippen LogP contribution in [0.2, 0.25) is 5.02 Å². The molecule has 0 radical (unpaired) electrons. The van der Waals surface area contributed by atoms with Gasteiger partial charge in [-0.25, -0.2) is 4.99 Å². The molecule has 170 valence electrons. The number of aliphatic imine (C=N–C) groups is 1. The van der Waals surface area contributed by atoms with Crippen molar-refractivity contribution in [2.45, 2.75) is 18.2 Å². The van der Waals surface area contributed by atoms with Crippen LogP contribution in [0.5, 0.6) is 0 Å². The first-order valence-electron chi connectivity index (χ1n) is 10.7. The smallest absolute Gasteiger partial charge is 0.243 e. The minimum absolute atomic E-state index is 0.0324. The second-order valence-corrected chi connectivity index (χ2v) is 9.40. The minimum atomic E-state index is -0.582. The van der Waals surface area contributed by atoms with Gasteiger partial charge in [0.05, 0.1) is 18.5 Å². The van der Waals surface area contributed by atoms with Gasteiger partial charge >= 0.3 is 0 Å². The molecule has 1 unspecified atom stereocenters. The number of benzene rings is 3. The molecule has 5 rings (SSSR count). The van der Waals surface area contributed by atoms with Gasteiger partial charge in [0.1, 0.15) is 11.0 Å². The Morgan fingerprint density at radius 1 is 1.03 bits per heavy atom. The van der Waals surface area contributed by atoms with Gasteiger partial charge in [-0.1, -0.05) is 53.7 Å². The van der Waals surface area contributed by atoms with Crippen molar-refractivity contribution in [2.75, 3.05) is 5.32 Å². The summed E-state index contributed by atoms with van der Waals surface area (Å²) < 4.78 is 5.43. The largest absolute Gasteiger partial charge is 0.467 e. The van der Waals surface area contributed by atoms with E-state index in [4.69, 9.17) is 16.0 Å². The van der Waals surface area contributed by atoms with Crippen LogP contribution in [-0.4, -0.2) is 27.1 Å². The second-order valence-electron chi connectivity index (χ2n) is 7.80. The monoisotopic (exact) mass is 489 g/mol. The van der Waals surface area contributed by atoms with Crippen LogP contribution >= 0.6 is 23.4 Å². The Labute approximate surface area is 205 Å². The molecule has 1 aliphatic heterocycles. The third-order valence-electron chi connectivity index (χ3n) is 5.37. The summed E-state index contributed by atoms with van der Waals surface area (Å²) in [6.07, 6.45) is 1.60. The van der Waals surface area contributed by atoms with Crippen molar-refractivity contribution < 1.29 is 14.0 Å². The minimum Gasteiger partial charge on any atom is -0.467 e. The van der Waals surface area contributed by atoms with Crippen molar-refractivity contribution in [1.82, 2.24) is 4.90 Å². The number of rotatable bonds is 6. The van der Waals surface area contributed by atoms with E-state index in [-0.39, 0.29) is 24.8 Å². The maximum absolute atomic E-state index is 13.2. The number of fused-ring (bicyclic) bond motifs is 1. The number of nitrogens with one attached hydrogen (secondary N) is 1. The van der Waals surface area contributed by atoms with Crippen LogP contribution in [0, 0.1) is 0 Å². The first-order valence-corrected chi connectivity index (χ1v) is 11.9. The summed E-state index contributed by atoms with van der Waals surface area (Å²) in [6.45, 7) is 0.244. The van der Waals surface area contributed by atoms with Gasteiger partial charge in [0.25, 0.3) is 0 Å². The highest BCUT2D eigenvalue weighted by Gasteiger charge is 2.39. The van der Waals surface area contributed by atoms with Gasteiger partial charge < -0.3 is 9.73 Å². The molecule has 0 spiro atoms. The van der Waals surface area contributed by atoms with E-state index in [0.29, 0.717) is 27.3 Å². The zero-order valence-corrected chi connectivity index (χ0v) is 19.6. The molecule has 1 fully saturated rings. The zero-order valence-electron chi connectivity index (χ0n) is 18.0. The third-order valence-corrected chi connectivity index (χ3v) is 6.80. The number of carbonyl (C=O) groups is 2. The normalized spacial score (nSPS) is 17.0. The van der Waals surface area contributed by atoms with E-state index in [1.165, 1.54) is 11.8 Å². The second kappa shape index (κ2) is 9.75. The lowest BCUT2D eigenvalue weighted by Crippen LogP contribution is -2.33. The lowest BCUT2D eigenvalue weighted by Gasteiger charge is -2.15. The standard InChI is InChI=1S/C26H20ClN3O3S/c27-19-8-11-20(12-9-19)29-26-30(16-22-6-3-13-33-22)25(32)23(34-26)15-24(31)28-21-10-7-17-4-1-2-5-18(17)14-21/h1-14,23H,15-16H2,(H,28,31). The van der Waals surface area contributed by atoms with Crippen LogP contribution in [0.4, 0.5) is 11.4 Å². The van der Waals surface area contributed by atoms with Gasteiger partial charge in [-0.2, -0.15) is 0 Å². The van der Waals surface area contributed by atoms with E-state index in [9.17, 15) is 9.59 Å². The van der Waals surface area contributed by atoms with Gasteiger partial charge in [-0.05, 0) is 59.3 Å². The van der Waals surface area contributed by atoms with Crippen LogP contribution in [0.1, 0.15) is 12.2 Å². The van der Waals surface area contributed by atoms with Crippen LogP contribution in [-0.2, 0) is 16.1 Å². The van der Waals surface area contributed by atoms with Crippen LogP contribution < -0.4 is 5.32 Å². The molecule has 4 aromatic rings. The van der Waals surface area contributed by atoms with E-state index in [0.717, 1.165) is 10.8 Å². The van der Waals surface area contributed by atoms with Gasteiger partial charge in [0.15, 0.2) is 5.17 Å². The molecule has 8 heteroatoms. The molecule has 34 heavy (non-hydrogen) atoms. The Balaban J connectivity index is 1.33. The molecule has 2 amide bonds. The number of nitrogens with zero attached hydrogens (tertiary/aromatic N) is 2. The van der Waals surface area contributed by atoms with E-state index in [2.05, 4.69) is 10.3 Å². The van der Waals surface area contributed by atoms with Crippen molar-refractivity contribution >= 4 is 62.5 Å². The summed E-state index contributed by atoms with van der Waals surface area (Å²) in [5.74, 6) is 0.230. The molecule has 1 aliphatic rings. The van der Waals surface area contributed by atoms with E-state index in [1.54, 1.807) is 47.6 Å². The molecular formula is C26H20ClN3O3S. The highest BCUT2D eigenvalue weighted by molar-refractivity contribution is 8.15. The van der Waals surface area contributed by atoms with Gasteiger partial charge in [0.2, 0.25) is 11.8 Å². The predicted molar refractivity (Wildman–Crippen MR) is 136 cm³/mol. The highest BCUT2D eigenvalue weighted by Crippen LogP contribution is 2.33. The number of hydrogen-bond donors (Lipinski definition) is 1. The van der Waals surface area contributed by atoms with E-state index < -0.39 is 5.25 Å². The van der Waals surface area contributed by atoms with Crippen molar-refractivity contribution in [2.24, 2.45) is 4.99 Å². The zero-order chi connectivity index (χ0) is 23.5. The molecule has 1 atom stereocenters. The number of halogens is 1. The van der Waals surface area contributed by atoms with E-state index >= 15 is 0 Å². The van der Waals surface area contributed by atoms with Crippen LogP contribution in [0.3, 0.4) is 0 Å².